The van der Waals surface area contributed by atoms with E-state index in [1.807, 2.05) is 11.3 Å². The van der Waals surface area contributed by atoms with E-state index in [1.165, 1.54) is 64.7 Å². The Labute approximate surface area is 304 Å². The Bertz CT molecular complexity index is 3030. The number of anilines is 3. The molecule has 2 nitrogen and oxygen atoms in total. The minimum atomic E-state index is -0.421. The normalized spacial score (nSPS) is 13.5. The van der Waals surface area contributed by atoms with Crippen LogP contribution < -0.4 is 4.90 Å². The van der Waals surface area contributed by atoms with Crippen LogP contribution in [0.1, 0.15) is 22.3 Å². The number of rotatable bonds is 3. The number of thiophene rings is 1. The third-order valence-corrected chi connectivity index (χ3v) is 12.7. The molecule has 242 valence electrons. The molecule has 0 radical (unpaired) electrons. The lowest BCUT2D eigenvalue weighted by atomic mass is 9.70. The van der Waals surface area contributed by atoms with Gasteiger partial charge in [0.1, 0.15) is 11.2 Å². The SMILES string of the molecule is c1ccc(N(c2ccc3c(c2)C2(c4ccccc4-c4ccccc42)c2ccccc2-3)c2cc3c4ccccc4oc3c3c2sc2ccccc23)cc1. The van der Waals surface area contributed by atoms with E-state index >= 15 is 0 Å². The van der Waals surface area contributed by atoms with Gasteiger partial charge in [-0.15, -0.1) is 11.3 Å². The van der Waals surface area contributed by atoms with E-state index in [4.69, 9.17) is 4.42 Å². The van der Waals surface area contributed by atoms with E-state index in [0.717, 1.165) is 39.0 Å². The quantitative estimate of drug-likeness (QED) is 0.185. The van der Waals surface area contributed by atoms with Crippen molar-refractivity contribution >= 4 is 70.5 Å². The highest BCUT2D eigenvalue weighted by molar-refractivity contribution is 7.26. The van der Waals surface area contributed by atoms with Crippen LogP contribution in [0.5, 0.6) is 0 Å². The largest absolute Gasteiger partial charge is 0.455 e. The number of hydrogen-bond acceptors (Lipinski definition) is 3. The predicted molar refractivity (Wildman–Crippen MR) is 218 cm³/mol. The third-order valence-electron chi connectivity index (χ3n) is 11.5. The summed E-state index contributed by atoms with van der Waals surface area (Å²) in [6.45, 7) is 0. The second-order valence-corrected chi connectivity index (χ2v) is 15.0. The van der Waals surface area contributed by atoms with Crippen LogP contribution in [0.25, 0.3) is 64.4 Å². The van der Waals surface area contributed by atoms with E-state index in [9.17, 15) is 0 Å². The zero-order valence-electron chi connectivity index (χ0n) is 28.0. The molecule has 1 spiro atoms. The molecule has 0 atom stereocenters. The fraction of sp³-hybridized carbons (Fsp3) is 0.0204. The second kappa shape index (κ2) is 10.3. The molecule has 52 heavy (non-hydrogen) atoms. The molecule has 2 aliphatic carbocycles. The van der Waals surface area contributed by atoms with Crippen molar-refractivity contribution in [3.63, 3.8) is 0 Å². The molecule has 0 N–H and O–H groups in total. The van der Waals surface area contributed by atoms with Crippen molar-refractivity contribution in [3.05, 3.63) is 198 Å². The Balaban J connectivity index is 1.20. The molecule has 2 aliphatic rings. The van der Waals surface area contributed by atoms with Crippen LogP contribution in [0.3, 0.4) is 0 Å². The molecule has 0 aliphatic heterocycles. The van der Waals surface area contributed by atoms with E-state index < -0.39 is 5.41 Å². The zero-order valence-corrected chi connectivity index (χ0v) is 28.8. The van der Waals surface area contributed by atoms with Crippen molar-refractivity contribution in [3.8, 4) is 22.3 Å². The Morgan fingerprint density at radius 1 is 0.442 bits per heavy atom. The average Bonchev–Trinajstić information content (AvgIpc) is 3.94. The minimum Gasteiger partial charge on any atom is -0.455 e. The molecule has 0 bridgehead atoms. The summed E-state index contributed by atoms with van der Waals surface area (Å²) in [5.41, 5.74) is 15.4. The van der Waals surface area contributed by atoms with Gasteiger partial charge in [0, 0.05) is 37.6 Å². The highest BCUT2D eigenvalue weighted by Gasteiger charge is 2.51. The number of benzene rings is 8. The molecule has 2 aromatic heterocycles. The first-order valence-corrected chi connectivity index (χ1v) is 18.7. The number of para-hydroxylation sites is 2. The summed E-state index contributed by atoms with van der Waals surface area (Å²) in [7, 11) is 0. The standard InChI is InChI=1S/C49H29NOS/c1-2-14-30(15-3-1)50(43-29-38-36-19-7-12-24-44(36)51-47(38)46-37-20-8-13-25-45(37)52-48(43)46)31-26-27-35-34-18-6-11-23-41(34)49(42(35)28-31)39-21-9-4-16-32(39)33-17-5-10-22-40(33)49/h1-29H. The molecule has 0 fully saturated rings. The number of fused-ring (bicyclic) bond motifs is 17. The first-order valence-electron chi connectivity index (χ1n) is 17.9. The van der Waals surface area contributed by atoms with E-state index in [1.54, 1.807) is 0 Å². The average molecular weight is 680 g/mol. The summed E-state index contributed by atoms with van der Waals surface area (Å²) in [4.78, 5) is 2.47. The molecule has 2 heterocycles. The summed E-state index contributed by atoms with van der Waals surface area (Å²) in [5, 5.41) is 4.66. The third kappa shape index (κ3) is 3.53. The van der Waals surface area contributed by atoms with Crippen LogP contribution in [0.15, 0.2) is 180 Å². The van der Waals surface area contributed by atoms with Gasteiger partial charge < -0.3 is 9.32 Å². The topological polar surface area (TPSA) is 16.4 Å². The molecule has 0 saturated carbocycles. The Hall–Kier alpha value is -6.42. The summed E-state index contributed by atoms with van der Waals surface area (Å²) in [6.07, 6.45) is 0. The van der Waals surface area contributed by atoms with Crippen molar-refractivity contribution in [1.29, 1.82) is 0 Å². The lowest BCUT2D eigenvalue weighted by molar-refractivity contribution is 0.673. The molecule has 0 unspecified atom stereocenters. The molecule has 10 aromatic rings. The Morgan fingerprint density at radius 2 is 1.02 bits per heavy atom. The van der Waals surface area contributed by atoms with Gasteiger partial charge in [0.25, 0.3) is 0 Å². The van der Waals surface area contributed by atoms with Crippen LogP contribution >= 0.6 is 11.3 Å². The van der Waals surface area contributed by atoms with Crippen LogP contribution in [-0.2, 0) is 5.41 Å². The Kier molecular flexibility index (Phi) is 5.62. The summed E-state index contributed by atoms with van der Waals surface area (Å²) >= 11 is 1.84. The van der Waals surface area contributed by atoms with Crippen LogP contribution in [0, 0.1) is 0 Å². The van der Waals surface area contributed by atoms with Crippen LogP contribution in [0.2, 0.25) is 0 Å². The van der Waals surface area contributed by atoms with Gasteiger partial charge in [0.2, 0.25) is 0 Å². The highest BCUT2D eigenvalue weighted by atomic mass is 32.1. The smallest absolute Gasteiger partial charge is 0.144 e. The van der Waals surface area contributed by atoms with Gasteiger partial charge >= 0.3 is 0 Å². The van der Waals surface area contributed by atoms with Gasteiger partial charge in [0.05, 0.1) is 15.8 Å². The molecular formula is C49H29NOS. The Morgan fingerprint density at radius 3 is 1.73 bits per heavy atom. The molecule has 0 amide bonds. The molecule has 8 aromatic carbocycles. The van der Waals surface area contributed by atoms with Gasteiger partial charge in [-0.2, -0.15) is 0 Å². The van der Waals surface area contributed by atoms with Gasteiger partial charge in [-0.25, -0.2) is 0 Å². The van der Waals surface area contributed by atoms with Crippen LogP contribution in [-0.4, -0.2) is 0 Å². The first kappa shape index (κ1) is 28.3. The van der Waals surface area contributed by atoms with Gasteiger partial charge in [-0.05, 0) is 87.0 Å². The lowest BCUT2D eigenvalue weighted by Crippen LogP contribution is -2.26. The van der Waals surface area contributed by atoms with Gasteiger partial charge in [0.15, 0.2) is 0 Å². The van der Waals surface area contributed by atoms with Crippen LogP contribution in [0.4, 0.5) is 17.1 Å². The fourth-order valence-corrected chi connectivity index (χ4v) is 10.6. The molecule has 0 saturated heterocycles. The van der Waals surface area contributed by atoms with Gasteiger partial charge in [-0.1, -0.05) is 133 Å². The molecule has 12 rings (SSSR count). The zero-order chi connectivity index (χ0) is 34.0. The lowest BCUT2D eigenvalue weighted by Gasteiger charge is -2.32. The maximum absolute atomic E-state index is 6.69. The van der Waals surface area contributed by atoms with Crippen molar-refractivity contribution in [1.82, 2.24) is 0 Å². The minimum absolute atomic E-state index is 0.421. The monoisotopic (exact) mass is 679 g/mol. The summed E-state index contributed by atoms with van der Waals surface area (Å²) in [6, 6.07) is 64.7. The second-order valence-electron chi connectivity index (χ2n) is 14.0. The fourth-order valence-electron chi connectivity index (χ4n) is 9.44. The van der Waals surface area contributed by atoms with Crippen molar-refractivity contribution in [2.75, 3.05) is 4.90 Å². The van der Waals surface area contributed by atoms with Crippen molar-refractivity contribution < 1.29 is 4.42 Å². The maximum atomic E-state index is 6.69. The van der Waals surface area contributed by atoms with Crippen molar-refractivity contribution in [2.24, 2.45) is 0 Å². The number of hydrogen-bond donors (Lipinski definition) is 0. The highest BCUT2D eigenvalue weighted by Crippen LogP contribution is 2.63. The first-order chi connectivity index (χ1) is 25.8. The summed E-state index contributed by atoms with van der Waals surface area (Å²) in [5.74, 6) is 0. The van der Waals surface area contributed by atoms with Gasteiger partial charge in [-0.3, -0.25) is 0 Å². The predicted octanol–water partition coefficient (Wildman–Crippen LogP) is 13.8. The maximum Gasteiger partial charge on any atom is 0.144 e. The summed E-state index contributed by atoms with van der Waals surface area (Å²) < 4.78 is 9.16. The van der Waals surface area contributed by atoms with E-state index in [0.29, 0.717) is 0 Å². The number of nitrogens with zero attached hydrogens (tertiary/aromatic N) is 1. The van der Waals surface area contributed by atoms with E-state index in [2.05, 4.69) is 181 Å². The van der Waals surface area contributed by atoms with E-state index in [-0.39, 0.29) is 0 Å². The molecule has 3 heteroatoms. The van der Waals surface area contributed by atoms with Crippen molar-refractivity contribution in [2.45, 2.75) is 5.41 Å². The number of furan rings is 1. The molecular weight excluding hydrogens is 651 g/mol.